The van der Waals surface area contributed by atoms with Gasteiger partial charge in [0.1, 0.15) is 0 Å². The van der Waals surface area contributed by atoms with Crippen LogP contribution in [-0.4, -0.2) is 3.21 Å². The topological polar surface area (TPSA) is 0 Å². The van der Waals surface area contributed by atoms with Gasteiger partial charge in [-0.05, 0) is 23.1 Å². The van der Waals surface area contributed by atoms with Gasteiger partial charge >= 0.3 is 99.2 Å². The number of allylic oxidation sites excluding steroid dienone is 4. The number of rotatable bonds is 5. The molecule has 0 aromatic heterocycles. The molecule has 0 amide bonds. The predicted molar refractivity (Wildman–Crippen MR) is 186 cm³/mol. The summed E-state index contributed by atoms with van der Waals surface area (Å²) in [5.74, 6) is 0. The molecule has 3 heteroatoms. The molecule has 0 aliphatic heterocycles. The summed E-state index contributed by atoms with van der Waals surface area (Å²) in [6.07, 6.45) is 7.70. The van der Waals surface area contributed by atoms with E-state index in [0.29, 0.717) is 0 Å². The summed E-state index contributed by atoms with van der Waals surface area (Å²) in [5.41, 5.74) is 10.6. The summed E-state index contributed by atoms with van der Waals surface area (Å²) in [6.45, 7) is 0. The molecule has 0 spiro atoms. The zero-order valence-corrected chi connectivity index (χ0v) is 29.2. The van der Waals surface area contributed by atoms with E-state index in [2.05, 4.69) is 176 Å². The number of hydrogen-bond donors (Lipinski definition) is 0. The van der Waals surface area contributed by atoms with Crippen LogP contribution in [0, 0.1) is 0 Å². The molecule has 1 aliphatic rings. The van der Waals surface area contributed by atoms with Crippen LogP contribution in [-0.2, 0) is 24.2 Å². The van der Waals surface area contributed by atoms with Gasteiger partial charge in [-0.1, -0.05) is 120 Å². The van der Waals surface area contributed by atoms with Gasteiger partial charge in [0.25, 0.3) is 0 Å². The molecule has 1 aliphatic carbocycles. The fourth-order valence-electron chi connectivity index (χ4n) is 6.21. The van der Waals surface area contributed by atoms with Crippen LogP contribution in [0.5, 0.6) is 0 Å². The molecule has 7 aromatic rings. The van der Waals surface area contributed by atoms with E-state index < -0.39 is 0 Å². The van der Waals surface area contributed by atoms with E-state index in [0.717, 1.165) is 6.42 Å². The van der Waals surface area contributed by atoms with E-state index in [1.807, 2.05) is 0 Å². The summed E-state index contributed by atoms with van der Waals surface area (Å²) in [6, 6.07) is 56.3. The van der Waals surface area contributed by atoms with Crippen molar-refractivity contribution in [3.05, 3.63) is 193 Å². The van der Waals surface area contributed by atoms with Crippen LogP contribution >= 0.6 is 0 Å². The third kappa shape index (κ3) is 6.89. The van der Waals surface area contributed by atoms with Crippen molar-refractivity contribution < 1.29 is 49.0 Å². The van der Waals surface area contributed by atoms with Crippen molar-refractivity contribution in [3.63, 3.8) is 0 Å². The Morgan fingerprint density at radius 2 is 1.09 bits per heavy atom. The van der Waals surface area contributed by atoms with E-state index in [1.165, 1.54) is 93.5 Å². The van der Waals surface area contributed by atoms with Gasteiger partial charge in [0, 0.05) is 0 Å². The van der Waals surface area contributed by atoms with Crippen LogP contribution in [0.3, 0.4) is 0 Å². The molecule has 0 saturated carbocycles. The van der Waals surface area contributed by atoms with Crippen LogP contribution in [0.25, 0.3) is 49.4 Å². The van der Waals surface area contributed by atoms with Crippen LogP contribution in [0.15, 0.2) is 176 Å². The van der Waals surface area contributed by atoms with Gasteiger partial charge in [0.05, 0.1) is 0 Å². The van der Waals surface area contributed by atoms with Gasteiger partial charge in [0.2, 0.25) is 0 Å². The zero-order valence-electron chi connectivity index (χ0n) is 25.2. The van der Waals surface area contributed by atoms with E-state index in [9.17, 15) is 0 Å². The second kappa shape index (κ2) is 15.5. The summed E-state index contributed by atoms with van der Waals surface area (Å²) in [7, 11) is 0. The normalized spacial score (nSPS) is 11.7. The van der Waals surface area contributed by atoms with Gasteiger partial charge in [-0.2, -0.15) is 0 Å². The molecule has 222 valence electrons. The maximum absolute atomic E-state index is 2.39. The Bertz CT molecular complexity index is 2080. The molecule has 0 fully saturated rings. The Hall–Kier alpha value is -4.00. The number of fused-ring (bicyclic) bond motifs is 3. The molecular weight excluding hydrogens is 679 g/mol. The first kappa shape index (κ1) is 33.4. The summed E-state index contributed by atoms with van der Waals surface area (Å²) in [5, 5.41) is 5.35. The zero-order chi connectivity index (χ0) is 29.7. The molecule has 0 nitrogen and oxygen atoms in total. The van der Waals surface area contributed by atoms with E-state index in [1.54, 1.807) is 0 Å². The Kier molecular flexibility index (Phi) is 11.3. The third-order valence-electron chi connectivity index (χ3n) is 8.30. The average molecular weight is 710 g/mol. The standard InChI is InChI=1S/C30H21.C13H10.2ClH.Zr/c1-3-10-21(11-4-1)25-17-9-16-24-20-28-27(30(24)25)19-18-26(22-12-5-2-6-13-22)29(28)23-14-7-8-15-23;1-3-7-12(8-4-1)11-13-9-5-2-6-10-13;;;/h1-14,16-20H,15H2;1-10H;2*1H;/q-1;;;;+2/p-2. The number of hydrogen-bond acceptors (Lipinski definition) is 0. The Labute approximate surface area is 298 Å². The maximum atomic E-state index is 2.39. The number of halogens is 2. The monoisotopic (exact) mass is 707 g/mol. The average Bonchev–Trinajstić information content (AvgIpc) is 3.78. The van der Waals surface area contributed by atoms with Gasteiger partial charge in [0.15, 0.2) is 0 Å². The van der Waals surface area contributed by atoms with Crippen molar-refractivity contribution in [2.24, 2.45) is 0 Å². The first-order valence-electron chi connectivity index (χ1n) is 15.1. The van der Waals surface area contributed by atoms with Crippen molar-refractivity contribution >= 4 is 30.3 Å². The molecule has 0 N–H and O–H groups in total. The quantitative estimate of drug-likeness (QED) is 0.216. The molecule has 0 unspecified atom stereocenters. The Morgan fingerprint density at radius 3 is 1.63 bits per heavy atom. The minimum atomic E-state index is 0. The van der Waals surface area contributed by atoms with E-state index in [4.69, 9.17) is 0 Å². The van der Waals surface area contributed by atoms with Gasteiger partial charge < -0.3 is 24.8 Å². The Balaban J connectivity index is 0.000000221. The summed E-state index contributed by atoms with van der Waals surface area (Å²) < 4.78 is 1.42. The van der Waals surface area contributed by atoms with E-state index >= 15 is 0 Å². The third-order valence-corrected chi connectivity index (χ3v) is 9.72. The molecular formula is C43H31Cl2Zr-. The molecule has 0 saturated heterocycles. The first-order valence-corrected chi connectivity index (χ1v) is 16.3. The minimum absolute atomic E-state index is 0. The van der Waals surface area contributed by atoms with Gasteiger partial charge in [-0.25, -0.2) is 0 Å². The van der Waals surface area contributed by atoms with Crippen LogP contribution in [0.4, 0.5) is 0 Å². The molecule has 0 bridgehead atoms. The first-order chi connectivity index (χ1) is 21.8. The molecule has 46 heavy (non-hydrogen) atoms. The van der Waals surface area contributed by atoms with Crippen LogP contribution in [0.1, 0.15) is 23.1 Å². The second-order valence-electron chi connectivity index (χ2n) is 11.0. The molecule has 8 rings (SSSR count). The van der Waals surface area contributed by atoms with Crippen LogP contribution < -0.4 is 24.8 Å². The van der Waals surface area contributed by atoms with Crippen molar-refractivity contribution in [2.45, 2.75) is 6.42 Å². The SMILES string of the molecule is C1=CCC(c2c(-c3ccccc3)ccc3c2[cH-]c2cccc(-c4ccccc4)c23)=C1.[Cl-].[Cl-].[Zr+2]=[C](c1ccccc1)c1ccccc1. The second-order valence-corrected chi connectivity index (χ2v) is 12.3. The van der Waals surface area contributed by atoms with Crippen molar-refractivity contribution in [1.29, 1.82) is 0 Å². The van der Waals surface area contributed by atoms with E-state index in [-0.39, 0.29) is 24.8 Å². The fraction of sp³-hybridized carbons (Fsp3) is 0.0233. The Morgan fingerprint density at radius 1 is 0.543 bits per heavy atom. The molecule has 0 radical (unpaired) electrons. The molecule has 7 aromatic carbocycles. The molecule has 0 atom stereocenters. The summed E-state index contributed by atoms with van der Waals surface area (Å²) in [4.78, 5) is 0. The number of benzene rings is 6. The van der Waals surface area contributed by atoms with Crippen molar-refractivity contribution in [3.8, 4) is 22.3 Å². The van der Waals surface area contributed by atoms with Crippen LogP contribution in [0.2, 0.25) is 0 Å². The van der Waals surface area contributed by atoms with Gasteiger partial charge in [-0.15, -0.1) is 33.7 Å². The van der Waals surface area contributed by atoms with Crippen molar-refractivity contribution in [1.82, 2.24) is 0 Å². The predicted octanol–water partition coefficient (Wildman–Crippen LogP) is 5.20. The molecule has 0 heterocycles. The van der Waals surface area contributed by atoms with Crippen molar-refractivity contribution in [2.75, 3.05) is 0 Å². The fourth-order valence-corrected chi connectivity index (χ4v) is 7.02. The summed E-state index contributed by atoms with van der Waals surface area (Å²) >= 11 is 1.46. The van der Waals surface area contributed by atoms with Gasteiger partial charge in [-0.3, -0.25) is 0 Å².